The third kappa shape index (κ3) is 6.07. The molecule has 5 nitrogen and oxygen atoms in total. The first-order valence-corrected chi connectivity index (χ1v) is 9.44. The number of ether oxygens (including phenoxy) is 1. The maximum atomic E-state index is 9.91. The quantitative estimate of drug-likeness (QED) is 0.501. The minimum Gasteiger partial charge on any atom is -0.504 e. The summed E-state index contributed by atoms with van der Waals surface area (Å²) in [6, 6.07) is 7.31. The zero-order valence-electron chi connectivity index (χ0n) is 15.5. The summed E-state index contributed by atoms with van der Waals surface area (Å²) < 4.78 is 11.5. The van der Waals surface area contributed by atoms with Gasteiger partial charge in [-0.05, 0) is 49.4 Å². The van der Waals surface area contributed by atoms with Crippen LogP contribution in [-0.4, -0.2) is 28.5 Å². The summed E-state index contributed by atoms with van der Waals surface area (Å²) in [4.78, 5) is 0. The molecule has 0 saturated heterocycles. The number of unbranched alkanes of at least 4 members (excludes halogenated alkanes) is 2. The largest absolute Gasteiger partial charge is 0.504 e. The maximum Gasteiger partial charge on any atom is 0.161 e. The van der Waals surface area contributed by atoms with Crippen LogP contribution in [0.15, 0.2) is 28.7 Å². The van der Waals surface area contributed by atoms with Crippen molar-refractivity contribution in [2.24, 2.45) is 0 Å². The first-order chi connectivity index (χ1) is 12.7. The van der Waals surface area contributed by atoms with E-state index < -0.39 is 0 Å². The molecule has 0 unspecified atom stereocenters. The van der Waals surface area contributed by atoms with Gasteiger partial charge in [0.2, 0.25) is 0 Å². The van der Waals surface area contributed by atoms with Gasteiger partial charge in [0.1, 0.15) is 11.5 Å². The number of hydrogen-bond donors (Lipinski definition) is 3. The van der Waals surface area contributed by atoms with Gasteiger partial charge in [0.15, 0.2) is 11.5 Å². The number of aryl methyl sites for hydroxylation is 3. The predicted molar refractivity (Wildman–Crippen MR) is 101 cm³/mol. The van der Waals surface area contributed by atoms with Crippen LogP contribution in [0.1, 0.15) is 55.3 Å². The molecular formula is C21H30O5. The monoisotopic (exact) mass is 362 g/mol. The number of aliphatic hydroxyl groups excluding tert-OH is 2. The van der Waals surface area contributed by atoms with Crippen molar-refractivity contribution in [3.63, 3.8) is 0 Å². The van der Waals surface area contributed by atoms with Gasteiger partial charge in [-0.15, -0.1) is 0 Å². The van der Waals surface area contributed by atoms with E-state index in [2.05, 4.69) is 6.92 Å². The molecule has 144 valence electrons. The smallest absolute Gasteiger partial charge is 0.161 e. The van der Waals surface area contributed by atoms with Crippen LogP contribution in [0.25, 0.3) is 0 Å². The van der Waals surface area contributed by atoms with Crippen molar-refractivity contribution in [1.29, 1.82) is 0 Å². The Balaban J connectivity index is 1.95. The Labute approximate surface area is 155 Å². The van der Waals surface area contributed by atoms with Crippen LogP contribution >= 0.6 is 0 Å². The number of hydrogen-bond acceptors (Lipinski definition) is 5. The summed E-state index contributed by atoms with van der Waals surface area (Å²) >= 11 is 0. The Morgan fingerprint density at radius 2 is 1.85 bits per heavy atom. The molecule has 1 aromatic carbocycles. The average molecular weight is 362 g/mol. The summed E-state index contributed by atoms with van der Waals surface area (Å²) in [6.45, 7) is 2.76. The number of aliphatic hydroxyl groups is 2. The van der Waals surface area contributed by atoms with Crippen LogP contribution < -0.4 is 4.74 Å². The molecule has 0 spiro atoms. The first kappa shape index (κ1) is 20.3. The van der Waals surface area contributed by atoms with Crippen molar-refractivity contribution in [2.45, 2.75) is 58.5 Å². The molecule has 0 aliphatic heterocycles. The molecule has 1 aromatic heterocycles. The molecule has 0 aliphatic rings. The molecule has 0 radical (unpaired) electrons. The predicted octanol–water partition coefficient (Wildman–Crippen LogP) is 3.76. The minimum atomic E-state index is 0.00752. The van der Waals surface area contributed by atoms with Crippen molar-refractivity contribution >= 4 is 0 Å². The molecule has 2 rings (SSSR count). The van der Waals surface area contributed by atoms with Crippen molar-refractivity contribution < 1.29 is 24.5 Å². The minimum absolute atomic E-state index is 0.00752. The van der Waals surface area contributed by atoms with Crippen molar-refractivity contribution in [1.82, 2.24) is 0 Å². The van der Waals surface area contributed by atoms with Crippen LogP contribution in [0, 0.1) is 0 Å². The number of phenolic OH excluding ortho intramolecular Hbond substituents is 1. The third-order valence-corrected chi connectivity index (χ3v) is 4.37. The Bertz CT molecular complexity index is 662. The summed E-state index contributed by atoms with van der Waals surface area (Å²) in [5, 5.41) is 28.2. The SMILES string of the molecule is CCCCc1oc(CCc2ccc(O)c(OCCCCO)c2)cc1CO. The molecule has 0 amide bonds. The van der Waals surface area contributed by atoms with Gasteiger partial charge in [-0.3, -0.25) is 0 Å². The fourth-order valence-corrected chi connectivity index (χ4v) is 2.83. The highest BCUT2D eigenvalue weighted by atomic mass is 16.5. The molecule has 0 saturated carbocycles. The number of furan rings is 1. The zero-order chi connectivity index (χ0) is 18.8. The van der Waals surface area contributed by atoms with Crippen molar-refractivity contribution in [2.75, 3.05) is 13.2 Å². The summed E-state index contributed by atoms with van der Waals surface area (Å²) in [7, 11) is 0. The van der Waals surface area contributed by atoms with E-state index in [1.54, 1.807) is 6.07 Å². The molecule has 0 fully saturated rings. The zero-order valence-corrected chi connectivity index (χ0v) is 15.5. The van der Waals surface area contributed by atoms with E-state index in [1.165, 1.54) is 0 Å². The van der Waals surface area contributed by atoms with Gasteiger partial charge >= 0.3 is 0 Å². The second-order valence-corrected chi connectivity index (χ2v) is 6.50. The van der Waals surface area contributed by atoms with Crippen LogP contribution in [0.2, 0.25) is 0 Å². The lowest BCUT2D eigenvalue weighted by Gasteiger charge is -2.09. The van der Waals surface area contributed by atoms with Gasteiger partial charge in [0, 0.05) is 25.0 Å². The Hall–Kier alpha value is -1.98. The van der Waals surface area contributed by atoms with E-state index in [1.807, 2.05) is 18.2 Å². The van der Waals surface area contributed by atoms with Gasteiger partial charge in [0.05, 0.1) is 13.2 Å². The molecule has 2 aromatic rings. The van der Waals surface area contributed by atoms with E-state index in [0.717, 1.165) is 61.2 Å². The lowest BCUT2D eigenvalue weighted by molar-refractivity contribution is 0.248. The van der Waals surface area contributed by atoms with Crippen LogP contribution in [0.3, 0.4) is 0 Å². The molecular weight excluding hydrogens is 332 g/mol. The number of phenols is 1. The highest BCUT2D eigenvalue weighted by Crippen LogP contribution is 2.28. The molecule has 0 bridgehead atoms. The highest BCUT2D eigenvalue weighted by Gasteiger charge is 2.11. The van der Waals surface area contributed by atoms with Gasteiger partial charge < -0.3 is 24.5 Å². The molecule has 26 heavy (non-hydrogen) atoms. The molecule has 0 atom stereocenters. The van der Waals surface area contributed by atoms with Crippen LogP contribution in [0.4, 0.5) is 0 Å². The van der Waals surface area contributed by atoms with E-state index in [4.69, 9.17) is 14.3 Å². The van der Waals surface area contributed by atoms with Crippen molar-refractivity contribution in [3.8, 4) is 11.5 Å². The second-order valence-electron chi connectivity index (χ2n) is 6.50. The Morgan fingerprint density at radius 1 is 1.00 bits per heavy atom. The van der Waals surface area contributed by atoms with Gasteiger partial charge in [-0.25, -0.2) is 0 Å². The van der Waals surface area contributed by atoms with E-state index in [9.17, 15) is 10.2 Å². The lowest BCUT2D eigenvalue weighted by atomic mass is 10.1. The number of rotatable bonds is 12. The third-order valence-electron chi connectivity index (χ3n) is 4.37. The van der Waals surface area contributed by atoms with Gasteiger partial charge in [-0.1, -0.05) is 19.4 Å². The topological polar surface area (TPSA) is 83.1 Å². The standard InChI is InChI=1S/C21H30O5/c1-2-3-6-20-17(15-23)14-18(26-20)9-7-16-8-10-19(24)21(13-16)25-12-5-4-11-22/h8,10,13-14,22-24H,2-7,9,11-12,15H2,1H3. The van der Waals surface area contributed by atoms with E-state index in [-0.39, 0.29) is 19.0 Å². The Kier molecular flexibility index (Phi) is 8.51. The first-order valence-electron chi connectivity index (χ1n) is 9.44. The number of aromatic hydroxyl groups is 1. The molecule has 3 N–H and O–H groups in total. The van der Waals surface area contributed by atoms with E-state index in [0.29, 0.717) is 18.8 Å². The van der Waals surface area contributed by atoms with Gasteiger partial charge in [-0.2, -0.15) is 0 Å². The number of benzene rings is 1. The fourth-order valence-electron chi connectivity index (χ4n) is 2.83. The Morgan fingerprint density at radius 3 is 2.58 bits per heavy atom. The average Bonchev–Trinajstić information content (AvgIpc) is 3.06. The second kappa shape index (κ2) is 10.9. The molecule has 0 aliphatic carbocycles. The fraction of sp³-hybridized carbons (Fsp3) is 0.524. The van der Waals surface area contributed by atoms with Gasteiger partial charge in [0.25, 0.3) is 0 Å². The summed E-state index contributed by atoms with van der Waals surface area (Å²) in [5.41, 5.74) is 1.93. The highest BCUT2D eigenvalue weighted by molar-refractivity contribution is 5.42. The molecule has 5 heteroatoms. The summed E-state index contributed by atoms with van der Waals surface area (Å²) in [6.07, 6.45) is 5.93. The van der Waals surface area contributed by atoms with E-state index >= 15 is 0 Å². The maximum absolute atomic E-state index is 9.91. The summed E-state index contributed by atoms with van der Waals surface area (Å²) in [5.74, 6) is 2.36. The normalized spacial score (nSPS) is 11.0. The molecule has 1 heterocycles. The van der Waals surface area contributed by atoms with Crippen molar-refractivity contribution in [3.05, 3.63) is 46.9 Å². The van der Waals surface area contributed by atoms with Crippen LogP contribution in [0.5, 0.6) is 11.5 Å². The van der Waals surface area contributed by atoms with Crippen LogP contribution in [-0.2, 0) is 25.9 Å². The lowest BCUT2D eigenvalue weighted by Crippen LogP contribution is -2.00.